The van der Waals surface area contributed by atoms with Gasteiger partial charge in [0.15, 0.2) is 0 Å². The number of nitrogens with one attached hydrogen (secondary N) is 3. The van der Waals surface area contributed by atoms with Crippen molar-refractivity contribution in [1.29, 1.82) is 0 Å². The molecule has 194 valence electrons. The van der Waals surface area contributed by atoms with Crippen LogP contribution in [0.1, 0.15) is 15.9 Å². The van der Waals surface area contributed by atoms with Gasteiger partial charge >= 0.3 is 5.97 Å². The number of fused-ring (bicyclic) bond motifs is 1. The molecular formula is C23H19ClI2N4O5S2. The van der Waals surface area contributed by atoms with E-state index in [1.54, 1.807) is 47.0 Å². The van der Waals surface area contributed by atoms with E-state index in [0.29, 0.717) is 14.3 Å². The lowest BCUT2D eigenvalue weighted by molar-refractivity contribution is -0.142. The van der Waals surface area contributed by atoms with E-state index in [9.17, 15) is 18.0 Å². The van der Waals surface area contributed by atoms with Gasteiger partial charge in [-0.2, -0.15) is 0 Å². The van der Waals surface area contributed by atoms with E-state index in [4.69, 9.17) is 16.3 Å². The number of halogens is 3. The number of benzene rings is 2. The number of rotatable bonds is 8. The van der Waals surface area contributed by atoms with Gasteiger partial charge in [-0.1, -0.05) is 17.7 Å². The fraction of sp³-hybridized carbons (Fsp3) is 0.130. The molecule has 0 aliphatic carbocycles. The predicted molar refractivity (Wildman–Crippen MR) is 161 cm³/mol. The van der Waals surface area contributed by atoms with E-state index in [2.05, 4.69) is 37.4 Å². The first kappa shape index (κ1) is 28.1. The second-order valence-corrected chi connectivity index (χ2v) is 13.0. The van der Waals surface area contributed by atoms with Gasteiger partial charge in [0.05, 0.1) is 41.2 Å². The molecule has 0 unspecified atom stereocenters. The Kier molecular flexibility index (Phi) is 8.98. The average Bonchev–Trinajstić information content (AvgIpc) is 3.34. The molecule has 0 saturated carbocycles. The summed E-state index contributed by atoms with van der Waals surface area (Å²) >= 11 is 11.4. The standard InChI is InChI=1S/C23H19ClI2N4O5S2/c1-35-23(32)19(10-13-4-7-16(24)17(26)9-13)28-22(31)15-6-5-14(25)11-18(15)29-37(33,34)21-3-2-8-30-20(21)12-27-36-30/h2-9,11-12,19,27,29H,10H2,1H3,(H,28,31)/t19-/m0/s1. The number of carbonyl (C=O) groups excluding carboxylic acids is 2. The zero-order valence-electron chi connectivity index (χ0n) is 19.0. The van der Waals surface area contributed by atoms with Gasteiger partial charge in [-0.25, -0.2) is 13.2 Å². The highest BCUT2D eigenvalue weighted by atomic mass is 127. The molecule has 3 N–H and O–H groups in total. The summed E-state index contributed by atoms with van der Waals surface area (Å²) in [6, 6.07) is 9.01. The van der Waals surface area contributed by atoms with Crippen LogP contribution >= 0.6 is 68.9 Å². The maximum atomic E-state index is 13.3. The van der Waals surface area contributed by atoms with Gasteiger partial charge in [-0.15, -0.1) is 0 Å². The van der Waals surface area contributed by atoms with Crippen LogP contribution in [0.5, 0.6) is 0 Å². The lowest BCUT2D eigenvalue weighted by Gasteiger charge is -2.22. The molecule has 0 saturated heterocycles. The number of carbonyl (C=O) groups is 2. The molecule has 0 radical (unpaired) electrons. The number of hydrogen-bond donors (Lipinski definition) is 3. The molecule has 2 aliphatic rings. The van der Waals surface area contributed by atoms with Crippen molar-refractivity contribution in [3.63, 3.8) is 0 Å². The summed E-state index contributed by atoms with van der Waals surface area (Å²) in [7, 11) is -2.83. The van der Waals surface area contributed by atoms with Crippen LogP contribution < -0.4 is 14.8 Å². The number of allylic oxidation sites excluding steroid dienone is 2. The van der Waals surface area contributed by atoms with E-state index in [1.807, 2.05) is 28.7 Å². The maximum absolute atomic E-state index is 13.3. The van der Waals surface area contributed by atoms with Crippen molar-refractivity contribution in [3.8, 4) is 0 Å². The molecule has 0 aromatic heterocycles. The Balaban J connectivity index is 1.60. The van der Waals surface area contributed by atoms with Crippen LogP contribution in [0.3, 0.4) is 0 Å². The molecule has 2 aromatic rings. The van der Waals surface area contributed by atoms with Crippen LogP contribution in [0.15, 0.2) is 71.6 Å². The van der Waals surface area contributed by atoms with Crippen LogP contribution in [-0.2, 0) is 26.0 Å². The molecule has 0 spiro atoms. The van der Waals surface area contributed by atoms with Gasteiger partial charge in [0, 0.05) is 26.0 Å². The largest absolute Gasteiger partial charge is 0.467 e. The van der Waals surface area contributed by atoms with Gasteiger partial charge in [-0.05, 0) is 93.2 Å². The fourth-order valence-electron chi connectivity index (χ4n) is 3.54. The number of nitrogens with zero attached hydrogens (tertiary/aromatic N) is 1. The first-order chi connectivity index (χ1) is 17.6. The van der Waals surface area contributed by atoms with Crippen molar-refractivity contribution < 1.29 is 22.7 Å². The molecule has 14 heteroatoms. The molecule has 9 nitrogen and oxygen atoms in total. The van der Waals surface area contributed by atoms with Gasteiger partial charge in [0.1, 0.15) is 10.9 Å². The minimum absolute atomic E-state index is 0.0440. The third-order valence-electron chi connectivity index (χ3n) is 5.28. The molecular weight excluding hydrogens is 766 g/mol. The van der Waals surface area contributed by atoms with Gasteiger partial charge in [0.2, 0.25) is 0 Å². The minimum atomic E-state index is -4.06. The van der Waals surface area contributed by atoms with E-state index < -0.39 is 27.9 Å². The van der Waals surface area contributed by atoms with Crippen molar-refractivity contribution >= 4 is 96.5 Å². The SMILES string of the molecule is COC(=O)[C@H](Cc1ccc(Cl)c(I)c1)NC(=O)c1ccc(I)cc1NS(=O)(=O)C1=CC=CN2SNC=C12. The second-order valence-electron chi connectivity index (χ2n) is 7.73. The lowest BCUT2D eigenvalue weighted by Crippen LogP contribution is -2.43. The molecule has 2 aromatic carbocycles. The Bertz CT molecular complexity index is 1460. The smallest absolute Gasteiger partial charge is 0.328 e. The summed E-state index contributed by atoms with van der Waals surface area (Å²) in [4.78, 5) is 25.9. The molecule has 0 fully saturated rings. The number of methoxy groups -OCH3 is 1. The number of esters is 1. The van der Waals surface area contributed by atoms with E-state index >= 15 is 0 Å². The summed E-state index contributed by atoms with van der Waals surface area (Å²) < 4.78 is 40.2. The highest BCUT2D eigenvalue weighted by Crippen LogP contribution is 2.34. The second kappa shape index (κ2) is 11.8. The third-order valence-corrected chi connectivity index (χ3v) is 9.64. The zero-order valence-corrected chi connectivity index (χ0v) is 25.7. The number of sulfonamides is 1. The third kappa shape index (κ3) is 6.55. The maximum Gasteiger partial charge on any atom is 0.328 e. The van der Waals surface area contributed by atoms with Gasteiger partial charge in [0.25, 0.3) is 15.9 Å². The quantitative estimate of drug-likeness (QED) is 0.204. The Morgan fingerprint density at radius 2 is 2.00 bits per heavy atom. The number of hydrogen-bond acceptors (Lipinski definition) is 8. The molecule has 37 heavy (non-hydrogen) atoms. The molecule has 1 amide bonds. The number of ether oxygens (including phenoxy) is 1. The summed E-state index contributed by atoms with van der Waals surface area (Å²) in [6.45, 7) is 0. The highest BCUT2D eigenvalue weighted by molar-refractivity contribution is 14.1. The van der Waals surface area contributed by atoms with Crippen molar-refractivity contribution in [2.45, 2.75) is 12.5 Å². The molecule has 1 atom stereocenters. The van der Waals surface area contributed by atoms with Crippen LogP contribution in [0, 0.1) is 7.14 Å². The van der Waals surface area contributed by atoms with Crippen molar-refractivity contribution in [2.75, 3.05) is 11.8 Å². The zero-order chi connectivity index (χ0) is 26.7. The fourth-order valence-corrected chi connectivity index (χ4v) is 6.70. The predicted octanol–water partition coefficient (Wildman–Crippen LogP) is 4.53. The van der Waals surface area contributed by atoms with E-state index in [0.717, 1.165) is 9.13 Å². The van der Waals surface area contributed by atoms with Gasteiger partial charge in [-0.3, -0.25) is 13.8 Å². The summed E-state index contributed by atoms with van der Waals surface area (Å²) in [5.74, 6) is -1.27. The Labute approximate surface area is 250 Å². The normalized spacial score (nSPS) is 15.2. The van der Waals surface area contributed by atoms with Crippen LogP contribution in [0.4, 0.5) is 5.69 Å². The monoisotopic (exact) mass is 784 g/mol. The lowest BCUT2D eigenvalue weighted by atomic mass is 10.0. The molecule has 4 rings (SSSR count). The summed E-state index contributed by atoms with van der Waals surface area (Å²) in [5, 5.41) is 3.26. The minimum Gasteiger partial charge on any atom is -0.467 e. The van der Waals surface area contributed by atoms with E-state index in [1.165, 1.54) is 31.4 Å². The van der Waals surface area contributed by atoms with Gasteiger partial charge < -0.3 is 14.8 Å². The summed E-state index contributed by atoms with van der Waals surface area (Å²) in [6.07, 6.45) is 6.57. The van der Waals surface area contributed by atoms with Crippen LogP contribution in [0.2, 0.25) is 5.02 Å². The molecule has 2 aliphatic heterocycles. The average molecular weight is 785 g/mol. The highest BCUT2D eigenvalue weighted by Gasteiger charge is 2.31. The molecule has 2 heterocycles. The van der Waals surface area contributed by atoms with Crippen LogP contribution in [0.25, 0.3) is 0 Å². The van der Waals surface area contributed by atoms with Crippen LogP contribution in [-0.4, -0.2) is 37.8 Å². The number of amides is 1. The summed E-state index contributed by atoms with van der Waals surface area (Å²) in [5.41, 5.74) is 1.36. The first-order valence-electron chi connectivity index (χ1n) is 10.5. The Hall–Kier alpha value is -1.95. The topological polar surface area (TPSA) is 117 Å². The first-order valence-corrected chi connectivity index (χ1v) is 15.3. The van der Waals surface area contributed by atoms with Crippen molar-refractivity contribution in [1.82, 2.24) is 14.3 Å². The Morgan fingerprint density at radius 3 is 2.73 bits per heavy atom. The number of anilines is 1. The van der Waals surface area contributed by atoms with Crippen molar-refractivity contribution in [2.24, 2.45) is 0 Å². The molecule has 0 bridgehead atoms. The van der Waals surface area contributed by atoms with Crippen molar-refractivity contribution in [3.05, 3.63) is 94.8 Å². The Morgan fingerprint density at radius 1 is 1.22 bits per heavy atom. The van der Waals surface area contributed by atoms with E-state index in [-0.39, 0.29) is 22.6 Å².